The molecule has 0 amide bonds. The van der Waals surface area contributed by atoms with Gasteiger partial charge in [-0.05, 0) is 19.3 Å². The van der Waals surface area contributed by atoms with E-state index in [1.165, 1.54) is 83.5 Å². The molecule has 0 aromatic rings. The Labute approximate surface area is 191 Å². The molecule has 0 aromatic heterocycles. The molecule has 5 nitrogen and oxygen atoms in total. The van der Waals surface area contributed by atoms with Gasteiger partial charge in [-0.1, -0.05) is 117 Å². The summed E-state index contributed by atoms with van der Waals surface area (Å²) in [7, 11) is 0. The van der Waals surface area contributed by atoms with Gasteiger partial charge in [0.05, 0.1) is 18.1 Å². The van der Waals surface area contributed by atoms with E-state index in [-0.39, 0.29) is 6.42 Å². The quantitative estimate of drug-likeness (QED) is 0.140. The van der Waals surface area contributed by atoms with Crippen molar-refractivity contribution in [1.29, 1.82) is 0 Å². The fourth-order valence-electron chi connectivity index (χ4n) is 4.39. The fraction of sp³-hybridized carbons (Fsp3) is 0.962. The van der Waals surface area contributed by atoms with Crippen LogP contribution in [0.25, 0.3) is 0 Å². The summed E-state index contributed by atoms with van der Waals surface area (Å²) < 4.78 is 0. The van der Waals surface area contributed by atoms with E-state index in [1.54, 1.807) is 6.92 Å². The second-order valence-electron chi connectivity index (χ2n) is 9.50. The molecule has 2 unspecified atom stereocenters. The van der Waals surface area contributed by atoms with Crippen molar-refractivity contribution < 1.29 is 25.2 Å². The summed E-state index contributed by atoms with van der Waals surface area (Å²) >= 11 is 0. The number of unbranched alkanes of at least 4 members (excludes halogenated alkanes) is 15. The zero-order chi connectivity index (χ0) is 23.4. The Morgan fingerprint density at radius 2 is 1.13 bits per heavy atom. The maximum Gasteiger partial charge on any atom is 0.306 e. The van der Waals surface area contributed by atoms with E-state index in [0.717, 1.165) is 19.3 Å². The lowest BCUT2D eigenvalue weighted by Gasteiger charge is -2.34. The van der Waals surface area contributed by atoms with Crippen LogP contribution in [0.2, 0.25) is 0 Å². The number of hydrogen-bond donors (Lipinski definition) is 4. The maximum atomic E-state index is 11.3. The molecule has 0 fully saturated rings. The molecule has 0 heterocycles. The van der Waals surface area contributed by atoms with Crippen molar-refractivity contribution in [2.45, 2.75) is 148 Å². The van der Waals surface area contributed by atoms with Gasteiger partial charge >= 0.3 is 5.97 Å². The zero-order valence-electron chi connectivity index (χ0n) is 20.5. The number of aliphatic hydroxyl groups excluding tert-OH is 2. The van der Waals surface area contributed by atoms with Crippen LogP contribution in [0.1, 0.15) is 136 Å². The molecule has 0 aliphatic rings. The predicted octanol–water partition coefficient (Wildman–Crippen LogP) is 6.22. The molecule has 0 rings (SSSR count). The van der Waals surface area contributed by atoms with Crippen molar-refractivity contribution >= 4 is 5.97 Å². The van der Waals surface area contributed by atoms with Gasteiger partial charge in [-0.3, -0.25) is 4.79 Å². The highest BCUT2D eigenvalue weighted by Crippen LogP contribution is 2.29. The van der Waals surface area contributed by atoms with Crippen LogP contribution < -0.4 is 0 Å². The smallest absolute Gasteiger partial charge is 0.306 e. The van der Waals surface area contributed by atoms with E-state index in [0.29, 0.717) is 12.8 Å². The molecule has 3 atom stereocenters. The van der Waals surface area contributed by atoms with Gasteiger partial charge in [0.1, 0.15) is 6.10 Å². The normalized spacial score (nSPS) is 15.5. The largest absolute Gasteiger partial charge is 0.481 e. The minimum Gasteiger partial charge on any atom is -0.481 e. The van der Waals surface area contributed by atoms with E-state index < -0.39 is 30.2 Å². The lowest BCUT2D eigenvalue weighted by molar-refractivity contribution is -0.150. The molecule has 5 heteroatoms. The minimum atomic E-state index is -1.52. The summed E-state index contributed by atoms with van der Waals surface area (Å²) in [6, 6.07) is 0. The van der Waals surface area contributed by atoms with Crippen molar-refractivity contribution in [2.75, 3.05) is 6.61 Å². The number of aliphatic carboxylic acids is 1. The lowest BCUT2D eigenvalue weighted by atomic mass is 9.81. The first-order valence-electron chi connectivity index (χ1n) is 13.1. The number of rotatable bonds is 23. The molecular formula is C26H52O5. The lowest BCUT2D eigenvalue weighted by Crippen LogP contribution is -2.46. The molecule has 0 aliphatic heterocycles. The van der Waals surface area contributed by atoms with Gasteiger partial charge in [-0.2, -0.15) is 0 Å². The van der Waals surface area contributed by atoms with Crippen LogP contribution in [0.5, 0.6) is 0 Å². The van der Waals surface area contributed by atoms with Gasteiger partial charge in [-0.25, -0.2) is 0 Å². The topological polar surface area (TPSA) is 98.0 Å². The Bertz CT molecular complexity index is 415. The molecule has 31 heavy (non-hydrogen) atoms. The molecule has 0 aliphatic carbocycles. The second-order valence-corrected chi connectivity index (χ2v) is 9.50. The van der Waals surface area contributed by atoms with Crippen LogP contribution in [0.15, 0.2) is 0 Å². The molecule has 0 spiro atoms. The first-order chi connectivity index (χ1) is 14.9. The molecule has 4 N–H and O–H groups in total. The summed E-state index contributed by atoms with van der Waals surface area (Å²) in [6.07, 6.45) is 19.7. The van der Waals surface area contributed by atoms with E-state index in [9.17, 15) is 25.2 Å². The van der Waals surface area contributed by atoms with Gasteiger partial charge in [-0.15, -0.1) is 0 Å². The van der Waals surface area contributed by atoms with Crippen LogP contribution in [0.3, 0.4) is 0 Å². The van der Waals surface area contributed by atoms with Crippen LogP contribution in [0, 0.1) is 5.92 Å². The number of hydrogen-bond acceptors (Lipinski definition) is 4. The van der Waals surface area contributed by atoms with Crippen molar-refractivity contribution in [3.63, 3.8) is 0 Å². The minimum absolute atomic E-state index is 0.0146. The molecule has 0 aromatic carbocycles. The highest BCUT2D eigenvalue weighted by Gasteiger charge is 2.38. The maximum absolute atomic E-state index is 11.3. The van der Waals surface area contributed by atoms with Gasteiger partial charge in [0.2, 0.25) is 0 Å². The van der Waals surface area contributed by atoms with Crippen molar-refractivity contribution in [3.8, 4) is 0 Å². The number of carboxylic acids is 1. The van der Waals surface area contributed by atoms with Gasteiger partial charge in [0.25, 0.3) is 0 Å². The summed E-state index contributed by atoms with van der Waals surface area (Å²) in [5.41, 5.74) is -1.52. The Morgan fingerprint density at radius 1 is 0.742 bits per heavy atom. The van der Waals surface area contributed by atoms with Gasteiger partial charge in [0.15, 0.2) is 0 Å². The Morgan fingerprint density at radius 3 is 1.45 bits per heavy atom. The first kappa shape index (κ1) is 30.4. The summed E-state index contributed by atoms with van der Waals surface area (Å²) in [4.78, 5) is 11.3. The molecule has 0 saturated heterocycles. The van der Waals surface area contributed by atoms with Gasteiger partial charge in [0, 0.05) is 0 Å². The first-order valence-corrected chi connectivity index (χ1v) is 13.1. The van der Waals surface area contributed by atoms with Crippen LogP contribution in [0.4, 0.5) is 0 Å². The standard InChI is InChI=1S/C26H52O5/c1-3-5-6-7-8-9-10-11-12-13-14-15-16-17-18-19-20-26(31,24(28)22-27)21-23(4-2)25(29)30/h23-24,27-28,31H,3-22H2,1-2H3,(H,29,30)/t23?,24?,26-/m0/s1. The Kier molecular flexibility index (Phi) is 19.6. The monoisotopic (exact) mass is 444 g/mol. The number of carbonyl (C=O) groups is 1. The summed E-state index contributed by atoms with van der Waals surface area (Å²) in [6.45, 7) is 3.47. The SMILES string of the molecule is CCCCCCCCCCCCCCCCCC[C@](O)(CC(CC)C(=O)O)C(O)CO. The van der Waals surface area contributed by atoms with Gasteiger partial charge < -0.3 is 20.4 Å². The molecule has 186 valence electrons. The molecule has 0 bridgehead atoms. The van der Waals surface area contributed by atoms with Crippen molar-refractivity contribution in [2.24, 2.45) is 5.92 Å². The van der Waals surface area contributed by atoms with Crippen molar-refractivity contribution in [1.82, 2.24) is 0 Å². The van der Waals surface area contributed by atoms with Crippen LogP contribution in [-0.2, 0) is 4.79 Å². The van der Waals surface area contributed by atoms with Crippen LogP contribution in [-0.4, -0.2) is 44.7 Å². The zero-order valence-corrected chi connectivity index (χ0v) is 20.5. The highest BCUT2D eigenvalue weighted by molar-refractivity contribution is 5.70. The Hall–Kier alpha value is -0.650. The fourth-order valence-corrected chi connectivity index (χ4v) is 4.39. The Balaban J connectivity index is 3.74. The van der Waals surface area contributed by atoms with E-state index in [1.807, 2.05) is 0 Å². The van der Waals surface area contributed by atoms with E-state index >= 15 is 0 Å². The van der Waals surface area contributed by atoms with Crippen molar-refractivity contribution in [3.05, 3.63) is 0 Å². The third-order valence-electron chi connectivity index (χ3n) is 6.70. The third-order valence-corrected chi connectivity index (χ3v) is 6.70. The average molecular weight is 445 g/mol. The number of carboxylic acid groups (broad SMARTS) is 1. The highest BCUT2D eigenvalue weighted by atomic mass is 16.4. The summed E-state index contributed by atoms with van der Waals surface area (Å²) in [5, 5.41) is 39.3. The average Bonchev–Trinajstić information content (AvgIpc) is 2.76. The molecular weight excluding hydrogens is 392 g/mol. The third kappa shape index (κ3) is 15.7. The van der Waals surface area contributed by atoms with E-state index in [2.05, 4.69) is 6.92 Å². The number of aliphatic hydroxyl groups is 3. The summed E-state index contributed by atoms with van der Waals surface area (Å²) in [5.74, 6) is -1.66. The van der Waals surface area contributed by atoms with E-state index in [4.69, 9.17) is 0 Å². The predicted molar refractivity (Wildman–Crippen MR) is 128 cm³/mol. The second kappa shape index (κ2) is 20.0. The molecule has 0 saturated carbocycles. The van der Waals surface area contributed by atoms with Crippen LogP contribution >= 0.6 is 0 Å². The molecule has 0 radical (unpaired) electrons.